The number of likely N-dealkylation sites (tertiary alicyclic amines) is 1. The summed E-state index contributed by atoms with van der Waals surface area (Å²) in [6.07, 6.45) is 3.65. The quantitative estimate of drug-likeness (QED) is 0.859. The summed E-state index contributed by atoms with van der Waals surface area (Å²) in [6.45, 7) is 3.66. The number of carboxylic acids is 1. The number of amides is 2. The summed E-state index contributed by atoms with van der Waals surface area (Å²) in [7, 11) is 0. The molecule has 25 heavy (non-hydrogen) atoms. The largest absolute Gasteiger partial charge is 0.478 e. The van der Waals surface area contributed by atoms with E-state index in [1.54, 1.807) is 12.1 Å². The van der Waals surface area contributed by atoms with Crippen LogP contribution in [0.1, 0.15) is 47.5 Å². The van der Waals surface area contributed by atoms with Crippen LogP contribution < -0.4 is 5.32 Å². The lowest BCUT2D eigenvalue weighted by Gasteiger charge is -2.32. The van der Waals surface area contributed by atoms with Crippen LogP contribution in [0.15, 0.2) is 24.3 Å². The Balaban J connectivity index is 1.46. The van der Waals surface area contributed by atoms with Crippen LogP contribution in [0, 0.1) is 5.92 Å². The van der Waals surface area contributed by atoms with Crippen molar-refractivity contribution in [3.05, 3.63) is 35.4 Å². The number of ether oxygens (including phenoxy) is 1. The first-order chi connectivity index (χ1) is 12.1. The predicted octanol–water partition coefficient (Wildman–Crippen LogP) is 2.70. The third-order valence-electron chi connectivity index (χ3n) is 5.27. The number of nitrogens with one attached hydrogen (secondary N) is 1. The van der Waals surface area contributed by atoms with Crippen molar-refractivity contribution in [1.82, 2.24) is 10.2 Å². The van der Waals surface area contributed by atoms with E-state index in [-0.39, 0.29) is 11.9 Å². The zero-order valence-electron chi connectivity index (χ0n) is 14.4. The average Bonchev–Trinajstić information content (AvgIpc) is 3.15. The molecule has 0 radical (unpaired) electrons. The maximum absolute atomic E-state index is 12.3. The minimum atomic E-state index is -0.883. The second-order valence-electron chi connectivity index (χ2n) is 6.90. The number of hydrogen-bond acceptors (Lipinski definition) is 3. The SMILES string of the molecule is O=C(O)c1ccccc1C1CCN(C(=O)NCCC2CCOC2)CC1. The van der Waals surface area contributed by atoms with Gasteiger partial charge in [-0.3, -0.25) is 0 Å². The van der Waals surface area contributed by atoms with Crippen molar-refractivity contribution in [3.8, 4) is 0 Å². The van der Waals surface area contributed by atoms with Gasteiger partial charge in [-0.25, -0.2) is 9.59 Å². The molecule has 1 unspecified atom stereocenters. The third kappa shape index (κ3) is 4.51. The molecular formula is C19H26N2O4. The average molecular weight is 346 g/mol. The highest BCUT2D eigenvalue weighted by Crippen LogP contribution is 2.30. The van der Waals surface area contributed by atoms with Gasteiger partial charge in [-0.1, -0.05) is 18.2 Å². The fraction of sp³-hybridized carbons (Fsp3) is 0.579. The molecule has 2 amide bonds. The van der Waals surface area contributed by atoms with E-state index >= 15 is 0 Å². The molecule has 2 N–H and O–H groups in total. The minimum Gasteiger partial charge on any atom is -0.478 e. The molecule has 2 heterocycles. The fourth-order valence-electron chi connectivity index (χ4n) is 3.75. The first-order valence-electron chi connectivity index (χ1n) is 9.08. The summed E-state index contributed by atoms with van der Waals surface area (Å²) in [5.74, 6) is -0.114. The van der Waals surface area contributed by atoms with Crippen LogP contribution >= 0.6 is 0 Å². The Hall–Kier alpha value is -2.08. The Labute approximate surface area is 148 Å². The number of nitrogens with zero attached hydrogens (tertiary/aromatic N) is 1. The molecular weight excluding hydrogens is 320 g/mol. The van der Waals surface area contributed by atoms with Crippen LogP contribution in [0.2, 0.25) is 0 Å². The lowest BCUT2D eigenvalue weighted by molar-refractivity contribution is 0.0694. The van der Waals surface area contributed by atoms with Crippen LogP contribution in [0.25, 0.3) is 0 Å². The van der Waals surface area contributed by atoms with Crippen LogP contribution in [0.5, 0.6) is 0 Å². The Morgan fingerprint density at radius 1 is 1.20 bits per heavy atom. The normalized spacial score (nSPS) is 21.3. The van der Waals surface area contributed by atoms with Crippen molar-refractivity contribution < 1.29 is 19.4 Å². The zero-order chi connectivity index (χ0) is 17.6. The molecule has 0 aliphatic carbocycles. The summed E-state index contributed by atoms with van der Waals surface area (Å²) in [5.41, 5.74) is 1.26. The highest BCUT2D eigenvalue weighted by Gasteiger charge is 2.26. The van der Waals surface area contributed by atoms with Crippen LogP contribution in [0.3, 0.4) is 0 Å². The number of carboxylic acid groups (broad SMARTS) is 1. The lowest BCUT2D eigenvalue weighted by atomic mass is 9.86. The number of benzene rings is 1. The van der Waals surface area contributed by atoms with E-state index in [1.165, 1.54) is 0 Å². The van der Waals surface area contributed by atoms with Gasteiger partial charge in [-0.15, -0.1) is 0 Å². The first-order valence-corrected chi connectivity index (χ1v) is 9.08. The Bertz CT molecular complexity index is 605. The zero-order valence-corrected chi connectivity index (χ0v) is 14.4. The summed E-state index contributed by atoms with van der Waals surface area (Å²) < 4.78 is 5.35. The summed E-state index contributed by atoms with van der Waals surface area (Å²) in [4.78, 5) is 25.5. The van der Waals surface area contributed by atoms with Crippen molar-refractivity contribution in [3.63, 3.8) is 0 Å². The van der Waals surface area contributed by atoms with Gasteiger partial charge in [0.2, 0.25) is 0 Å². The van der Waals surface area contributed by atoms with E-state index in [0.717, 1.165) is 44.5 Å². The van der Waals surface area contributed by atoms with Crippen molar-refractivity contribution in [2.45, 2.75) is 31.6 Å². The minimum absolute atomic E-state index is 0.0103. The molecule has 136 valence electrons. The smallest absolute Gasteiger partial charge is 0.335 e. The molecule has 2 aliphatic heterocycles. The molecule has 2 fully saturated rings. The van der Waals surface area contributed by atoms with Gasteiger partial charge in [0.1, 0.15) is 0 Å². The van der Waals surface area contributed by atoms with Gasteiger partial charge in [0.05, 0.1) is 5.56 Å². The molecule has 0 aromatic heterocycles. The molecule has 3 rings (SSSR count). The lowest BCUT2D eigenvalue weighted by Crippen LogP contribution is -2.44. The summed E-state index contributed by atoms with van der Waals surface area (Å²) >= 11 is 0. The van der Waals surface area contributed by atoms with E-state index in [2.05, 4.69) is 5.32 Å². The summed E-state index contributed by atoms with van der Waals surface area (Å²) in [6, 6.07) is 7.18. The molecule has 6 heteroatoms. The predicted molar refractivity (Wildman–Crippen MR) is 93.9 cm³/mol. The van der Waals surface area contributed by atoms with E-state index in [4.69, 9.17) is 4.74 Å². The first kappa shape index (κ1) is 17.7. The monoisotopic (exact) mass is 346 g/mol. The van der Waals surface area contributed by atoms with Gasteiger partial charge in [0.25, 0.3) is 0 Å². The Morgan fingerprint density at radius 3 is 2.64 bits per heavy atom. The number of carbonyl (C=O) groups excluding carboxylic acids is 1. The van der Waals surface area contributed by atoms with Crippen LogP contribution in [-0.2, 0) is 4.74 Å². The van der Waals surface area contributed by atoms with Crippen molar-refractivity contribution in [2.24, 2.45) is 5.92 Å². The molecule has 0 bridgehead atoms. The summed E-state index contributed by atoms with van der Waals surface area (Å²) in [5, 5.41) is 12.3. The molecule has 6 nitrogen and oxygen atoms in total. The maximum Gasteiger partial charge on any atom is 0.335 e. The number of piperidine rings is 1. The second kappa shape index (κ2) is 8.34. The van der Waals surface area contributed by atoms with Gasteiger partial charge in [-0.05, 0) is 49.1 Å². The third-order valence-corrected chi connectivity index (χ3v) is 5.27. The highest BCUT2D eigenvalue weighted by molar-refractivity contribution is 5.89. The number of carbonyl (C=O) groups is 2. The molecule has 1 aromatic carbocycles. The number of aromatic carboxylic acids is 1. The van der Waals surface area contributed by atoms with E-state index in [9.17, 15) is 14.7 Å². The second-order valence-corrected chi connectivity index (χ2v) is 6.90. The van der Waals surface area contributed by atoms with Crippen LogP contribution in [0.4, 0.5) is 4.79 Å². The van der Waals surface area contributed by atoms with Crippen molar-refractivity contribution in [2.75, 3.05) is 32.8 Å². The van der Waals surface area contributed by atoms with Crippen molar-refractivity contribution in [1.29, 1.82) is 0 Å². The topological polar surface area (TPSA) is 78.9 Å². The fourth-order valence-corrected chi connectivity index (χ4v) is 3.75. The van der Waals surface area contributed by atoms with Crippen molar-refractivity contribution >= 4 is 12.0 Å². The highest BCUT2D eigenvalue weighted by atomic mass is 16.5. The van der Waals surface area contributed by atoms with Gasteiger partial charge < -0.3 is 20.1 Å². The number of urea groups is 1. The molecule has 1 atom stereocenters. The van der Waals surface area contributed by atoms with E-state index in [1.807, 2.05) is 17.0 Å². The number of hydrogen-bond donors (Lipinski definition) is 2. The molecule has 2 aliphatic rings. The van der Waals surface area contributed by atoms with Gasteiger partial charge >= 0.3 is 12.0 Å². The van der Waals surface area contributed by atoms with Gasteiger partial charge in [-0.2, -0.15) is 0 Å². The Kier molecular flexibility index (Phi) is 5.91. The maximum atomic E-state index is 12.3. The standard InChI is InChI=1S/C19H26N2O4/c22-18(23)17-4-2-1-3-16(17)15-6-10-21(11-7-15)19(24)20-9-5-14-8-12-25-13-14/h1-4,14-15H,5-13H2,(H,20,24)(H,22,23). The molecule has 1 aromatic rings. The molecule has 2 saturated heterocycles. The van der Waals surface area contributed by atoms with E-state index < -0.39 is 5.97 Å². The molecule has 0 saturated carbocycles. The van der Waals surface area contributed by atoms with Gasteiger partial charge in [0, 0.05) is 32.8 Å². The Morgan fingerprint density at radius 2 is 1.96 bits per heavy atom. The molecule has 0 spiro atoms. The van der Waals surface area contributed by atoms with E-state index in [0.29, 0.717) is 31.1 Å². The van der Waals surface area contributed by atoms with Crippen LogP contribution in [-0.4, -0.2) is 54.9 Å². The number of rotatable bonds is 5. The van der Waals surface area contributed by atoms with Gasteiger partial charge in [0.15, 0.2) is 0 Å².